The molecule has 1 aromatic rings. The van der Waals surface area contributed by atoms with E-state index >= 15 is 0 Å². The molecule has 0 amide bonds. The Morgan fingerprint density at radius 3 is 2.67 bits per heavy atom. The molecule has 0 aliphatic carbocycles. The van der Waals surface area contributed by atoms with E-state index < -0.39 is 0 Å². The molecule has 0 saturated carbocycles. The van der Waals surface area contributed by atoms with Crippen molar-refractivity contribution < 1.29 is 9.13 Å². The van der Waals surface area contributed by atoms with Gasteiger partial charge in [-0.05, 0) is 44.4 Å². The fourth-order valence-electron chi connectivity index (χ4n) is 2.01. The Hall–Kier alpha value is -0.930. The summed E-state index contributed by atoms with van der Waals surface area (Å²) in [5.41, 5.74) is 0.773. The standard InChI is InChI=1S/C15H24FNO/c1-4-9-17-14(10-12(2)18-3)11-13-7-5-6-8-15(13)16/h5-8,12,14,17H,4,9-11H2,1-3H3. The van der Waals surface area contributed by atoms with E-state index in [2.05, 4.69) is 12.2 Å². The van der Waals surface area contributed by atoms with E-state index in [1.54, 1.807) is 13.2 Å². The van der Waals surface area contributed by atoms with Crippen molar-refractivity contribution in [3.8, 4) is 0 Å². The van der Waals surface area contributed by atoms with Crippen LogP contribution in [0.15, 0.2) is 24.3 Å². The fraction of sp³-hybridized carbons (Fsp3) is 0.600. The minimum Gasteiger partial charge on any atom is -0.382 e. The molecule has 0 saturated heterocycles. The van der Waals surface area contributed by atoms with Crippen LogP contribution >= 0.6 is 0 Å². The fourth-order valence-corrected chi connectivity index (χ4v) is 2.01. The third-order valence-corrected chi connectivity index (χ3v) is 3.13. The Morgan fingerprint density at radius 2 is 2.06 bits per heavy atom. The number of ether oxygens (including phenoxy) is 1. The molecule has 0 radical (unpaired) electrons. The van der Waals surface area contributed by atoms with Gasteiger partial charge in [-0.2, -0.15) is 0 Å². The number of hydrogen-bond acceptors (Lipinski definition) is 2. The Kier molecular flexibility index (Phi) is 6.91. The zero-order valence-electron chi connectivity index (χ0n) is 11.6. The van der Waals surface area contributed by atoms with Crippen molar-refractivity contribution in [2.24, 2.45) is 0 Å². The highest BCUT2D eigenvalue weighted by molar-refractivity contribution is 5.18. The van der Waals surface area contributed by atoms with Crippen molar-refractivity contribution in [1.29, 1.82) is 0 Å². The van der Waals surface area contributed by atoms with Crippen LogP contribution in [0.3, 0.4) is 0 Å². The summed E-state index contributed by atoms with van der Waals surface area (Å²) < 4.78 is 18.9. The molecule has 1 aromatic carbocycles. The first kappa shape index (κ1) is 15.1. The second-order valence-electron chi connectivity index (χ2n) is 4.73. The molecule has 0 fully saturated rings. The summed E-state index contributed by atoms with van der Waals surface area (Å²) in [5.74, 6) is -0.120. The van der Waals surface area contributed by atoms with Crippen LogP contribution in [0.1, 0.15) is 32.3 Å². The second-order valence-corrected chi connectivity index (χ2v) is 4.73. The van der Waals surface area contributed by atoms with Gasteiger partial charge in [0.1, 0.15) is 5.82 Å². The molecular formula is C15H24FNO. The first-order valence-electron chi connectivity index (χ1n) is 6.67. The average Bonchev–Trinajstić information content (AvgIpc) is 2.38. The molecule has 0 aliphatic rings. The van der Waals surface area contributed by atoms with Gasteiger partial charge in [-0.15, -0.1) is 0 Å². The van der Waals surface area contributed by atoms with Crippen molar-refractivity contribution in [2.45, 2.75) is 45.3 Å². The average molecular weight is 253 g/mol. The lowest BCUT2D eigenvalue weighted by Gasteiger charge is -2.22. The Bertz CT molecular complexity index is 343. The maximum Gasteiger partial charge on any atom is 0.126 e. The minimum atomic E-state index is -0.120. The number of rotatable bonds is 8. The first-order chi connectivity index (χ1) is 8.67. The van der Waals surface area contributed by atoms with Gasteiger partial charge in [-0.1, -0.05) is 25.1 Å². The van der Waals surface area contributed by atoms with Crippen molar-refractivity contribution in [1.82, 2.24) is 5.32 Å². The monoisotopic (exact) mass is 253 g/mol. The lowest BCUT2D eigenvalue weighted by molar-refractivity contribution is 0.100. The number of hydrogen-bond donors (Lipinski definition) is 1. The van der Waals surface area contributed by atoms with Crippen LogP contribution in [-0.2, 0) is 11.2 Å². The molecule has 2 atom stereocenters. The summed E-state index contributed by atoms with van der Waals surface area (Å²) in [5, 5.41) is 3.46. The summed E-state index contributed by atoms with van der Waals surface area (Å²) in [6, 6.07) is 7.25. The number of methoxy groups -OCH3 is 1. The van der Waals surface area contributed by atoms with Gasteiger partial charge in [-0.25, -0.2) is 4.39 Å². The van der Waals surface area contributed by atoms with E-state index in [1.807, 2.05) is 19.1 Å². The number of nitrogens with one attached hydrogen (secondary N) is 1. The SMILES string of the molecule is CCCNC(Cc1ccccc1F)CC(C)OC. The summed E-state index contributed by atoms with van der Waals surface area (Å²) in [6.07, 6.45) is 2.87. The van der Waals surface area contributed by atoms with Crippen LogP contribution in [0, 0.1) is 5.82 Å². The van der Waals surface area contributed by atoms with E-state index in [9.17, 15) is 4.39 Å². The third-order valence-electron chi connectivity index (χ3n) is 3.13. The van der Waals surface area contributed by atoms with Gasteiger partial charge in [0.25, 0.3) is 0 Å². The predicted octanol–water partition coefficient (Wildman–Crippen LogP) is 3.16. The highest BCUT2D eigenvalue weighted by atomic mass is 19.1. The molecule has 0 heterocycles. The van der Waals surface area contributed by atoms with Crippen LogP contribution in [0.2, 0.25) is 0 Å². The Labute approximate surface area is 110 Å². The van der Waals surface area contributed by atoms with E-state index in [0.29, 0.717) is 6.42 Å². The number of halogens is 1. The highest BCUT2D eigenvalue weighted by Gasteiger charge is 2.14. The van der Waals surface area contributed by atoms with Crippen LogP contribution in [0.5, 0.6) is 0 Å². The lowest BCUT2D eigenvalue weighted by Crippen LogP contribution is -2.35. The van der Waals surface area contributed by atoms with Crippen LogP contribution in [0.25, 0.3) is 0 Å². The summed E-state index contributed by atoms with van der Waals surface area (Å²) in [4.78, 5) is 0. The van der Waals surface area contributed by atoms with Gasteiger partial charge >= 0.3 is 0 Å². The molecule has 0 spiro atoms. The first-order valence-corrected chi connectivity index (χ1v) is 6.67. The molecule has 2 unspecified atom stereocenters. The van der Waals surface area contributed by atoms with Gasteiger partial charge in [-0.3, -0.25) is 0 Å². The largest absolute Gasteiger partial charge is 0.382 e. The molecular weight excluding hydrogens is 229 g/mol. The Morgan fingerprint density at radius 1 is 1.33 bits per heavy atom. The summed E-state index contributed by atoms with van der Waals surface area (Å²) in [6.45, 7) is 5.13. The van der Waals surface area contributed by atoms with Gasteiger partial charge in [0, 0.05) is 13.2 Å². The normalized spacial score (nSPS) is 14.4. The zero-order chi connectivity index (χ0) is 13.4. The maximum atomic E-state index is 13.6. The summed E-state index contributed by atoms with van der Waals surface area (Å²) >= 11 is 0. The third kappa shape index (κ3) is 5.15. The number of benzene rings is 1. The summed E-state index contributed by atoms with van der Waals surface area (Å²) in [7, 11) is 1.71. The topological polar surface area (TPSA) is 21.3 Å². The minimum absolute atomic E-state index is 0.120. The van der Waals surface area contributed by atoms with Crippen LogP contribution in [-0.4, -0.2) is 25.8 Å². The second kappa shape index (κ2) is 8.22. The van der Waals surface area contributed by atoms with Gasteiger partial charge in [0.2, 0.25) is 0 Å². The van der Waals surface area contributed by atoms with Crippen LogP contribution < -0.4 is 5.32 Å². The van der Waals surface area contributed by atoms with Gasteiger partial charge in [0.15, 0.2) is 0 Å². The molecule has 0 aromatic heterocycles. The van der Waals surface area contributed by atoms with Crippen molar-refractivity contribution in [3.63, 3.8) is 0 Å². The molecule has 0 bridgehead atoms. The lowest BCUT2D eigenvalue weighted by atomic mass is 10.0. The zero-order valence-corrected chi connectivity index (χ0v) is 11.6. The van der Waals surface area contributed by atoms with Crippen LogP contribution in [0.4, 0.5) is 4.39 Å². The van der Waals surface area contributed by atoms with E-state index in [-0.39, 0.29) is 18.0 Å². The molecule has 1 rings (SSSR count). The van der Waals surface area contributed by atoms with E-state index in [1.165, 1.54) is 6.07 Å². The van der Waals surface area contributed by atoms with Crippen molar-refractivity contribution in [3.05, 3.63) is 35.6 Å². The van der Waals surface area contributed by atoms with Crippen molar-refractivity contribution in [2.75, 3.05) is 13.7 Å². The molecule has 3 heteroatoms. The smallest absolute Gasteiger partial charge is 0.126 e. The van der Waals surface area contributed by atoms with Gasteiger partial charge in [0.05, 0.1) is 6.10 Å². The molecule has 102 valence electrons. The van der Waals surface area contributed by atoms with Crippen molar-refractivity contribution >= 4 is 0 Å². The van der Waals surface area contributed by atoms with E-state index in [0.717, 1.165) is 24.9 Å². The highest BCUT2D eigenvalue weighted by Crippen LogP contribution is 2.13. The van der Waals surface area contributed by atoms with E-state index in [4.69, 9.17) is 4.74 Å². The quantitative estimate of drug-likeness (QED) is 0.768. The molecule has 18 heavy (non-hydrogen) atoms. The predicted molar refractivity (Wildman–Crippen MR) is 73.3 cm³/mol. The molecule has 0 aliphatic heterocycles. The Balaban J connectivity index is 2.62. The molecule has 2 nitrogen and oxygen atoms in total. The van der Waals surface area contributed by atoms with Gasteiger partial charge < -0.3 is 10.1 Å². The maximum absolute atomic E-state index is 13.6. The molecule has 1 N–H and O–H groups in total.